The van der Waals surface area contributed by atoms with Crippen molar-refractivity contribution in [3.05, 3.63) is 28.2 Å². The molecule has 0 aromatic heterocycles. The molecule has 0 spiro atoms. The Hall–Kier alpha value is -0.500. The lowest BCUT2D eigenvalue weighted by Gasteiger charge is -2.16. The first-order valence-corrected chi connectivity index (χ1v) is 6.48. The van der Waals surface area contributed by atoms with Crippen LogP contribution in [0, 0.1) is 12.8 Å². The van der Waals surface area contributed by atoms with E-state index in [1.165, 1.54) is 35.0 Å². The van der Waals surface area contributed by atoms with E-state index < -0.39 is 0 Å². The van der Waals surface area contributed by atoms with E-state index in [1.54, 1.807) is 0 Å². The number of nitrogens with one attached hydrogen (secondary N) is 1. The summed E-state index contributed by atoms with van der Waals surface area (Å²) in [7, 11) is 0. The number of rotatable bonds is 4. The molecule has 1 aliphatic carbocycles. The Morgan fingerprint density at radius 2 is 2.20 bits per heavy atom. The van der Waals surface area contributed by atoms with E-state index in [0.717, 1.165) is 5.92 Å². The Labute approximate surface area is 100 Å². The van der Waals surface area contributed by atoms with E-state index >= 15 is 0 Å². The van der Waals surface area contributed by atoms with Crippen LogP contribution < -0.4 is 5.32 Å². The minimum absolute atomic E-state index is 0.579. The molecule has 1 nitrogen and oxygen atoms in total. The van der Waals surface area contributed by atoms with Crippen molar-refractivity contribution in [3.63, 3.8) is 0 Å². The molecule has 1 unspecified atom stereocenters. The minimum Gasteiger partial charge on any atom is -0.382 e. The lowest BCUT2D eigenvalue weighted by Crippen LogP contribution is -2.16. The average molecular weight is 268 g/mol. The highest BCUT2D eigenvalue weighted by atomic mass is 79.9. The van der Waals surface area contributed by atoms with E-state index in [1.807, 2.05) is 0 Å². The second kappa shape index (κ2) is 4.56. The van der Waals surface area contributed by atoms with E-state index in [2.05, 4.69) is 53.3 Å². The molecule has 15 heavy (non-hydrogen) atoms. The molecular weight excluding hydrogens is 250 g/mol. The van der Waals surface area contributed by atoms with Gasteiger partial charge in [-0.2, -0.15) is 0 Å². The molecule has 1 atom stereocenters. The van der Waals surface area contributed by atoms with Gasteiger partial charge in [0.2, 0.25) is 0 Å². The average Bonchev–Trinajstić information content (AvgIpc) is 2.97. The third kappa shape index (κ3) is 2.97. The molecular formula is C13H18BrN. The molecule has 1 aromatic rings. The number of aryl methyl sites for hydroxylation is 1. The fourth-order valence-electron chi connectivity index (χ4n) is 1.94. The zero-order valence-electron chi connectivity index (χ0n) is 9.39. The van der Waals surface area contributed by atoms with Crippen molar-refractivity contribution in [2.24, 2.45) is 5.92 Å². The summed E-state index contributed by atoms with van der Waals surface area (Å²) in [6.45, 7) is 4.40. The molecule has 0 radical (unpaired) electrons. The van der Waals surface area contributed by atoms with E-state index in [4.69, 9.17) is 0 Å². The first-order valence-electron chi connectivity index (χ1n) is 5.68. The number of anilines is 1. The van der Waals surface area contributed by atoms with Crippen molar-refractivity contribution >= 4 is 21.6 Å². The van der Waals surface area contributed by atoms with Crippen LogP contribution in [0.3, 0.4) is 0 Å². The maximum absolute atomic E-state index is 3.63. The third-order valence-electron chi connectivity index (χ3n) is 2.98. The molecule has 0 heterocycles. The van der Waals surface area contributed by atoms with Crippen LogP contribution in [0.1, 0.15) is 31.7 Å². The molecule has 0 aliphatic heterocycles. The fraction of sp³-hybridized carbons (Fsp3) is 0.538. The second-order valence-electron chi connectivity index (χ2n) is 4.66. The van der Waals surface area contributed by atoms with Gasteiger partial charge in [-0.25, -0.2) is 0 Å². The summed E-state index contributed by atoms with van der Waals surface area (Å²) >= 11 is 3.63. The Balaban J connectivity index is 1.99. The van der Waals surface area contributed by atoms with Crippen molar-refractivity contribution in [2.45, 2.75) is 39.2 Å². The molecule has 0 saturated heterocycles. The van der Waals surface area contributed by atoms with Crippen LogP contribution in [0.15, 0.2) is 22.7 Å². The summed E-state index contributed by atoms with van der Waals surface area (Å²) in [6, 6.07) is 6.95. The van der Waals surface area contributed by atoms with Gasteiger partial charge in [0, 0.05) is 16.2 Å². The maximum Gasteiger partial charge on any atom is 0.0489 e. The van der Waals surface area contributed by atoms with Gasteiger partial charge in [-0.15, -0.1) is 0 Å². The number of benzene rings is 1. The zero-order chi connectivity index (χ0) is 10.8. The van der Waals surface area contributed by atoms with Crippen LogP contribution in [-0.4, -0.2) is 6.04 Å². The van der Waals surface area contributed by atoms with Crippen molar-refractivity contribution < 1.29 is 0 Å². The van der Waals surface area contributed by atoms with Crippen LogP contribution in [0.4, 0.5) is 5.69 Å². The molecule has 0 bridgehead atoms. The van der Waals surface area contributed by atoms with E-state index in [0.29, 0.717) is 6.04 Å². The quantitative estimate of drug-likeness (QED) is 0.855. The molecule has 1 N–H and O–H groups in total. The maximum atomic E-state index is 3.63. The summed E-state index contributed by atoms with van der Waals surface area (Å²) in [5, 5.41) is 3.58. The third-order valence-corrected chi connectivity index (χ3v) is 4.03. The largest absolute Gasteiger partial charge is 0.382 e. The molecule has 1 aliphatic rings. The van der Waals surface area contributed by atoms with Crippen LogP contribution in [0.25, 0.3) is 0 Å². The molecule has 82 valence electrons. The van der Waals surface area contributed by atoms with Crippen LogP contribution in [0.5, 0.6) is 0 Å². The summed E-state index contributed by atoms with van der Waals surface area (Å²) in [4.78, 5) is 0. The van der Waals surface area contributed by atoms with Gasteiger partial charge in [-0.05, 0) is 53.7 Å². The predicted octanol–water partition coefficient (Wildman–Crippen LogP) is 4.36. The lowest BCUT2D eigenvalue weighted by atomic mass is 10.1. The fourth-order valence-corrected chi connectivity index (χ4v) is 2.32. The van der Waals surface area contributed by atoms with Gasteiger partial charge < -0.3 is 5.32 Å². The van der Waals surface area contributed by atoms with Gasteiger partial charge in [0.05, 0.1) is 0 Å². The molecule has 1 fully saturated rings. The smallest absolute Gasteiger partial charge is 0.0489 e. The normalized spacial score (nSPS) is 17.5. The van der Waals surface area contributed by atoms with E-state index in [-0.39, 0.29) is 0 Å². The summed E-state index contributed by atoms with van der Waals surface area (Å²) in [5.74, 6) is 0.982. The molecule has 0 amide bonds. The number of hydrogen-bond acceptors (Lipinski definition) is 1. The predicted molar refractivity (Wildman–Crippen MR) is 69.3 cm³/mol. The Kier molecular flexibility index (Phi) is 3.35. The SMILES string of the molecule is Cc1cccc(NC(C)CC2CC2)c1Br. The topological polar surface area (TPSA) is 12.0 Å². The summed E-state index contributed by atoms with van der Waals surface area (Å²) in [6.07, 6.45) is 4.17. The Morgan fingerprint density at radius 1 is 1.47 bits per heavy atom. The van der Waals surface area contributed by atoms with Crippen molar-refractivity contribution in [1.82, 2.24) is 0 Å². The van der Waals surface area contributed by atoms with Crippen LogP contribution in [0.2, 0.25) is 0 Å². The highest BCUT2D eigenvalue weighted by Gasteiger charge is 2.23. The summed E-state index contributed by atoms with van der Waals surface area (Å²) in [5.41, 5.74) is 2.52. The molecule has 2 rings (SSSR count). The van der Waals surface area contributed by atoms with Crippen molar-refractivity contribution in [1.29, 1.82) is 0 Å². The zero-order valence-corrected chi connectivity index (χ0v) is 11.0. The standard InChI is InChI=1S/C13H18BrN/c1-9-4-3-5-12(13(9)14)15-10(2)8-11-6-7-11/h3-5,10-11,15H,6-8H2,1-2H3. The molecule has 1 saturated carbocycles. The Bertz CT molecular complexity index is 344. The molecule has 2 heteroatoms. The van der Waals surface area contributed by atoms with Crippen molar-refractivity contribution in [2.75, 3.05) is 5.32 Å². The summed E-state index contributed by atoms with van der Waals surface area (Å²) < 4.78 is 1.20. The first kappa shape index (κ1) is 11.0. The number of halogens is 1. The monoisotopic (exact) mass is 267 g/mol. The van der Waals surface area contributed by atoms with E-state index in [9.17, 15) is 0 Å². The Morgan fingerprint density at radius 3 is 2.87 bits per heavy atom. The van der Waals surface area contributed by atoms with Gasteiger partial charge in [-0.1, -0.05) is 25.0 Å². The van der Waals surface area contributed by atoms with Crippen LogP contribution >= 0.6 is 15.9 Å². The highest BCUT2D eigenvalue weighted by Crippen LogP contribution is 2.35. The van der Waals surface area contributed by atoms with Gasteiger partial charge in [0.1, 0.15) is 0 Å². The van der Waals surface area contributed by atoms with Gasteiger partial charge in [0.15, 0.2) is 0 Å². The van der Waals surface area contributed by atoms with Crippen molar-refractivity contribution in [3.8, 4) is 0 Å². The molecule has 1 aromatic carbocycles. The van der Waals surface area contributed by atoms with Crippen LogP contribution in [-0.2, 0) is 0 Å². The van der Waals surface area contributed by atoms with Gasteiger partial charge in [-0.3, -0.25) is 0 Å². The lowest BCUT2D eigenvalue weighted by molar-refractivity contribution is 0.642. The first-order chi connectivity index (χ1) is 7.16. The minimum atomic E-state index is 0.579. The highest BCUT2D eigenvalue weighted by molar-refractivity contribution is 9.10. The van der Waals surface area contributed by atoms with Gasteiger partial charge >= 0.3 is 0 Å². The second-order valence-corrected chi connectivity index (χ2v) is 5.45. The number of hydrogen-bond donors (Lipinski definition) is 1. The van der Waals surface area contributed by atoms with Gasteiger partial charge in [0.25, 0.3) is 0 Å².